The summed E-state index contributed by atoms with van der Waals surface area (Å²) in [5.41, 5.74) is 0. The molecule has 0 aromatic heterocycles. The van der Waals surface area contributed by atoms with Crippen molar-refractivity contribution in [1.82, 2.24) is 5.32 Å². The minimum atomic E-state index is -0.150. The third-order valence-corrected chi connectivity index (χ3v) is 6.81. The smallest absolute Gasteiger partial charge is 0.306 e. The van der Waals surface area contributed by atoms with Crippen molar-refractivity contribution in [2.75, 3.05) is 13.6 Å². The number of hydrogen-bond donors (Lipinski definition) is 1. The van der Waals surface area contributed by atoms with Crippen molar-refractivity contribution < 1.29 is 23.9 Å². The maximum atomic E-state index is 12.2. The summed E-state index contributed by atoms with van der Waals surface area (Å²) in [5.74, 6) is -0.195. The number of rotatable bonds is 28. The molecule has 2 unspecified atom stereocenters. The van der Waals surface area contributed by atoms with Gasteiger partial charge in [-0.1, -0.05) is 70.8 Å². The number of carbonyl (C=O) groups is 3. The Kier molecular flexibility index (Phi) is 27.1. The van der Waals surface area contributed by atoms with Crippen LogP contribution < -0.4 is 5.32 Å². The van der Waals surface area contributed by atoms with Gasteiger partial charge in [-0.3, -0.25) is 9.59 Å². The van der Waals surface area contributed by atoms with Gasteiger partial charge >= 0.3 is 11.9 Å². The fourth-order valence-corrected chi connectivity index (χ4v) is 4.50. The van der Waals surface area contributed by atoms with Gasteiger partial charge in [-0.25, -0.2) is 0 Å². The van der Waals surface area contributed by atoms with Gasteiger partial charge in [0, 0.05) is 19.3 Å². The Balaban J connectivity index is 4.04. The van der Waals surface area contributed by atoms with Gasteiger partial charge in [0.25, 0.3) is 0 Å². The van der Waals surface area contributed by atoms with E-state index in [9.17, 15) is 14.4 Å². The van der Waals surface area contributed by atoms with E-state index >= 15 is 0 Å². The Morgan fingerprint density at radius 3 is 1.92 bits per heavy atom. The van der Waals surface area contributed by atoms with Crippen LogP contribution >= 0.6 is 0 Å². The number of hydrogen-bond acceptors (Lipinski definition) is 6. The molecule has 0 aliphatic rings. The molecule has 0 saturated carbocycles. The normalized spacial score (nSPS) is 12.9. The third kappa shape index (κ3) is 25.9. The molecule has 0 rings (SSSR count). The van der Waals surface area contributed by atoms with Crippen LogP contribution in [0.1, 0.15) is 149 Å². The number of carbonyl (C=O) groups excluding carboxylic acids is 3. The Bertz CT molecular complexity index is 592. The molecular formula is C32H59NO5. The van der Waals surface area contributed by atoms with Crippen LogP contribution in [0.3, 0.4) is 0 Å². The van der Waals surface area contributed by atoms with Crippen molar-refractivity contribution in [2.45, 2.75) is 161 Å². The van der Waals surface area contributed by atoms with Crippen LogP contribution in [0, 0.1) is 0 Å². The Morgan fingerprint density at radius 1 is 0.711 bits per heavy atom. The maximum Gasteiger partial charge on any atom is 0.306 e. The number of esters is 2. The van der Waals surface area contributed by atoms with Crippen LogP contribution in [0.2, 0.25) is 0 Å². The van der Waals surface area contributed by atoms with Crippen LogP contribution in [0.5, 0.6) is 0 Å². The molecule has 0 amide bonds. The average Bonchev–Trinajstić information content (AvgIpc) is 2.89. The fourth-order valence-electron chi connectivity index (χ4n) is 4.50. The molecule has 0 fully saturated rings. The first-order valence-corrected chi connectivity index (χ1v) is 15.7. The predicted octanol–water partition coefficient (Wildman–Crippen LogP) is 8.02. The van der Waals surface area contributed by atoms with Crippen LogP contribution in [-0.2, 0) is 23.9 Å². The zero-order valence-corrected chi connectivity index (χ0v) is 25.0. The molecule has 6 nitrogen and oxygen atoms in total. The minimum Gasteiger partial charge on any atom is -0.462 e. The lowest BCUT2D eigenvalue weighted by molar-refractivity contribution is -0.150. The molecule has 38 heavy (non-hydrogen) atoms. The van der Waals surface area contributed by atoms with Gasteiger partial charge < -0.3 is 19.6 Å². The molecule has 6 heteroatoms. The average molecular weight is 538 g/mol. The van der Waals surface area contributed by atoms with Crippen LogP contribution in [0.25, 0.3) is 0 Å². The minimum absolute atomic E-state index is 0.00299. The lowest BCUT2D eigenvalue weighted by Crippen LogP contribution is -2.19. The lowest BCUT2D eigenvalue weighted by Gasteiger charge is -2.18. The second-order valence-electron chi connectivity index (χ2n) is 10.6. The molecule has 2 atom stereocenters. The van der Waals surface area contributed by atoms with Gasteiger partial charge in [0.1, 0.15) is 18.5 Å². The van der Waals surface area contributed by atoms with Crippen LogP contribution in [-0.4, -0.2) is 44.0 Å². The second-order valence-corrected chi connectivity index (χ2v) is 10.6. The highest BCUT2D eigenvalue weighted by atomic mass is 16.5. The van der Waals surface area contributed by atoms with E-state index in [0.29, 0.717) is 19.3 Å². The monoisotopic (exact) mass is 537 g/mol. The molecular weight excluding hydrogens is 478 g/mol. The zero-order valence-electron chi connectivity index (χ0n) is 25.0. The van der Waals surface area contributed by atoms with E-state index in [0.717, 1.165) is 103 Å². The molecule has 0 aromatic rings. The summed E-state index contributed by atoms with van der Waals surface area (Å²) in [4.78, 5) is 34.7. The number of aldehydes is 1. The van der Waals surface area contributed by atoms with E-state index in [1.54, 1.807) is 0 Å². The molecule has 0 bridgehead atoms. The van der Waals surface area contributed by atoms with E-state index < -0.39 is 0 Å². The molecule has 0 radical (unpaired) electrons. The number of ether oxygens (including phenoxy) is 2. The number of nitrogens with one attached hydrogen (secondary N) is 1. The molecule has 0 aliphatic heterocycles. The van der Waals surface area contributed by atoms with Crippen molar-refractivity contribution in [3.05, 3.63) is 12.2 Å². The lowest BCUT2D eigenvalue weighted by atomic mass is 10.0. The summed E-state index contributed by atoms with van der Waals surface area (Å²) in [6.07, 6.45) is 25.7. The Hall–Kier alpha value is -1.69. The first kappa shape index (κ1) is 36.3. The topological polar surface area (TPSA) is 81.7 Å². The van der Waals surface area contributed by atoms with E-state index in [-0.39, 0.29) is 24.1 Å². The summed E-state index contributed by atoms with van der Waals surface area (Å²) < 4.78 is 11.3. The third-order valence-electron chi connectivity index (χ3n) is 6.81. The van der Waals surface area contributed by atoms with E-state index in [2.05, 4.69) is 18.3 Å². The van der Waals surface area contributed by atoms with Gasteiger partial charge in [-0.2, -0.15) is 0 Å². The summed E-state index contributed by atoms with van der Waals surface area (Å²) >= 11 is 0. The first-order valence-electron chi connectivity index (χ1n) is 15.7. The van der Waals surface area contributed by atoms with Crippen molar-refractivity contribution in [2.24, 2.45) is 0 Å². The van der Waals surface area contributed by atoms with Gasteiger partial charge in [0.15, 0.2) is 0 Å². The summed E-state index contributed by atoms with van der Waals surface area (Å²) in [5, 5.41) is 3.07. The van der Waals surface area contributed by atoms with Crippen LogP contribution in [0.15, 0.2) is 12.2 Å². The zero-order chi connectivity index (χ0) is 28.1. The highest BCUT2D eigenvalue weighted by molar-refractivity contribution is 5.69. The molecule has 222 valence electrons. The molecule has 1 N–H and O–H groups in total. The fraction of sp³-hybridized carbons (Fsp3) is 0.844. The first-order chi connectivity index (χ1) is 18.5. The Labute approximate surface area is 234 Å². The molecule has 0 spiro atoms. The second kappa shape index (κ2) is 28.3. The van der Waals surface area contributed by atoms with Gasteiger partial charge in [-0.05, 0) is 84.4 Å². The molecule has 0 heterocycles. The SMILES string of the molecule is CCCCCC/C=C\C(C)OC(=O)CCCCCCCC(CCCCCCCC=O)OC(=O)CCCNC. The molecule has 0 aliphatic carbocycles. The Morgan fingerprint density at radius 2 is 1.26 bits per heavy atom. The standard InChI is InChI=1S/C32H59NO5/c1-4-5-6-7-11-16-22-29(2)37-31(35)25-19-14-10-13-18-24-30(38-32(36)26-21-27-33-3)23-17-12-8-9-15-20-28-34/h16,22,28-30,33H,4-15,17-21,23-27H2,1-3H3/b22-16-. The highest BCUT2D eigenvalue weighted by Gasteiger charge is 2.14. The predicted molar refractivity (Wildman–Crippen MR) is 157 cm³/mol. The quantitative estimate of drug-likeness (QED) is 0.0471. The van der Waals surface area contributed by atoms with Gasteiger partial charge in [0.2, 0.25) is 0 Å². The van der Waals surface area contributed by atoms with E-state index in [1.807, 2.05) is 20.0 Å². The van der Waals surface area contributed by atoms with Gasteiger partial charge in [0.05, 0.1) is 0 Å². The summed E-state index contributed by atoms with van der Waals surface area (Å²) in [7, 11) is 1.89. The summed E-state index contributed by atoms with van der Waals surface area (Å²) in [6, 6.07) is 0. The van der Waals surface area contributed by atoms with E-state index in [1.165, 1.54) is 25.7 Å². The van der Waals surface area contributed by atoms with Crippen molar-refractivity contribution in [3.8, 4) is 0 Å². The van der Waals surface area contributed by atoms with Crippen molar-refractivity contribution in [1.29, 1.82) is 0 Å². The molecule has 0 aromatic carbocycles. The molecule has 0 saturated heterocycles. The summed E-state index contributed by atoms with van der Waals surface area (Å²) in [6.45, 7) is 4.97. The maximum absolute atomic E-state index is 12.2. The van der Waals surface area contributed by atoms with Crippen molar-refractivity contribution >= 4 is 18.2 Å². The number of allylic oxidation sites excluding steroid dienone is 1. The van der Waals surface area contributed by atoms with E-state index in [4.69, 9.17) is 9.47 Å². The van der Waals surface area contributed by atoms with Crippen molar-refractivity contribution in [3.63, 3.8) is 0 Å². The highest BCUT2D eigenvalue weighted by Crippen LogP contribution is 2.18. The van der Waals surface area contributed by atoms with Gasteiger partial charge in [-0.15, -0.1) is 0 Å². The number of unbranched alkanes of at least 4 members (excludes halogenated alkanes) is 13. The van der Waals surface area contributed by atoms with Crippen LogP contribution in [0.4, 0.5) is 0 Å². The largest absolute Gasteiger partial charge is 0.462 e.